The molecule has 31 heavy (non-hydrogen) atoms. The van der Waals surface area contributed by atoms with Crippen LogP contribution in [0.5, 0.6) is 5.75 Å². The summed E-state index contributed by atoms with van der Waals surface area (Å²) in [7, 11) is 3.67. The molecule has 1 aliphatic heterocycles. The first-order valence-electron chi connectivity index (χ1n) is 10.6. The van der Waals surface area contributed by atoms with Crippen molar-refractivity contribution >= 4 is 11.8 Å². The Kier molecular flexibility index (Phi) is 8.03. The molecular weight excluding hydrogens is 394 g/mol. The summed E-state index contributed by atoms with van der Waals surface area (Å²) in [6.07, 6.45) is 0.767. The maximum Gasteiger partial charge on any atom is 0.245 e. The van der Waals surface area contributed by atoms with Crippen molar-refractivity contribution in [2.75, 3.05) is 40.4 Å². The Bertz CT molecular complexity index is 885. The van der Waals surface area contributed by atoms with Crippen LogP contribution in [0.4, 0.5) is 0 Å². The van der Waals surface area contributed by atoms with Gasteiger partial charge in [0.2, 0.25) is 11.8 Å². The van der Waals surface area contributed by atoms with E-state index in [2.05, 4.69) is 15.5 Å². The summed E-state index contributed by atoms with van der Waals surface area (Å²) < 4.78 is 5.18. The Morgan fingerprint density at radius 2 is 1.87 bits per heavy atom. The van der Waals surface area contributed by atoms with Crippen molar-refractivity contribution in [1.82, 2.24) is 15.5 Å². The van der Waals surface area contributed by atoms with Crippen molar-refractivity contribution in [3.05, 3.63) is 65.2 Å². The first kappa shape index (κ1) is 22.8. The van der Waals surface area contributed by atoms with Gasteiger partial charge in [-0.1, -0.05) is 36.4 Å². The van der Waals surface area contributed by atoms with Gasteiger partial charge in [0.1, 0.15) is 12.4 Å². The lowest BCUT2D eigenvalue weighted by atomic mass is 9.87. The molecule has 0 spiro atoms. The molecule has 166 valence electrons. The van der Waals surface area contributed by atoms with E-state index in [9.17, 15) is 9.59 Å². The third kappa shape index (κ3) is 6.29. The molecular formula is C24H31N3O4. The zero-order chi connectivity index (χ0) is 22.2. The number of nitrogens with zero attached hydrogens (tertiary/aromatic N) is 1. The standard InChI is InChI=1S/C24H31N3O4/c1-27-14-21(19-5-3-4-18(12-19)13-26-23(29)16-28)22(15-27)24(30)25-11-10-17-6-8-20(31-2)9-7-17/h3-9,12,21-22,28H,10-11,13-16H2,1-2H3,(H,25,30)(H,26,29). The van der Waals surface area contributed by atoms with Crippen LogP contribution >= 0.6 is 0 Å². The second kappa shape index (κ2) is 10.9. The van der Waals surface area contributed by atoms with E-state index >= 15 is 0 Å². The van der Waals surface area contributed by atoms with Crippen molar-refractivity contribution in [1.29, 1.82) is 0 Å². The highest BCUT2D eigenvalue weighted by Gasteiger charge is 2.36. The molecule has 3 rings (SSSR count). The van der Waals surface area contributed by atoms with Gasteiger partial charge in [-0.25, -0.2) is 0 Å². The van der Waals surface area contributed by atoms with Crippen LogP contribution in [0.15, 0.2) is 48.5 Å². The fourth-order valence-electron chi connectivity index (χ4n) is 4.05. The van der Waals surface area contributed by atoms with E-state index in [0.717, 1.165) is 35.4 Å². The highest BCUT2D eigenvalue weighted by molar-refractivity contribution is 5.80. The summed E-state index contributed by atoms with van der Waals surface area (Å²) in [6, 6.07) is 15.8. The van der Waals surface area contributed by atoms with Crippen molar-refractivity contribution in [3.63, 3.8) is 0 Å². The molecule has 0 saturated carbocycles. The van der Waals surface area contributed by atoms with Gasteiger partial charge in [-0.3, -0.25) is 9.59 Å². The number of carbonyl (C=O) groups excluding carboxylic acids is 2. The van der Waals surface area contributed by atoms with Gasteiger partial charge in [0.15, 0.2) is 0 Å². The van der Waals surface area contributed by atoms with Crippen molar-refractivity contribution in [2.24, 2.45) is 5.92 Å². The van der Waals surface area contributed by atoms with Gasteiger partial charge >= 0.3 is 0 Å². The number of benzene rings is 2. The third-order valence-corrected chi connectivity index (χ3v) is 5.72. The van der Waals surface area contributed by atoms with Crippen LogP contribution < -0.4 is 15.4 Å². The number of ether oxygens (including phenoxy) is 1. The fourth-order valence-corrected chi connectivity index (χ4v) is 4.05. The van der Waals surface area contributed by atoms with Crippen LogP contribution in [0.1, 0.15) is 22.6 Å². The molecule has 2 atom stereocenters. The number of amides is 2. The molecule has 3 N–H and O–H groups in total. The van der Waals surface area contributed by atoms with E-state index in [1.54, 1.807) is 7.11 Å². The number of hydrogen-bond acceptors (Lipinski definition) is 5. The fraction of sp³-hybridized carbons (Fsp3) is 0.417. The van der Waals surface area contributed by atoms with Gasteiger partial charge in [-0.2, -0.15) is 0 Å². The van der Waals surface area contributed by atoms with E-state index in [1.165, 1.54) is 0 Å². The minimum Gasteiger partial charge on any atom is -0.497 e. The monoisotopic (exact) mass is 425 g/mol. The SMILES string of the molecule is COc1ccc(CCNC(=O)C2CN(C)CC2c2cccc(CNC(=O)CO)c2)cc1. The van der Waals surface area contributed by atoms with Gasteiger partial charge in [-0.05, 0) is 42.3 Å². The van der Waals surface area contributed by atoms with Crippen LogP contribution in [0.25, 0.3) is 0 Å². The average molecular weight is 426 g/mol. The summed E-state index contributed by atoms with van der Waals surface area (Å²) in [5.41, 5.74) is 3.20. The molecule has 2 aromatic rings. The topological polar surface area (TPSA) is 90.9 Å². The summed E-state index contributed by atoms with van der Waals surface area (Å²) in [6.45, 7) is 1.94. The van der Waals surface area contributed by atoms with Gasteiger partial charge in [0, 0.05) is 32.1 Å². The highest BCUT2D eigenvalue weighted by Crippen LogP contribution is 2.32. The second-order valence-electron chi connectivity index (χ2n) is 8.00. The van der Waals surface area contributed by atoms with Gasteiger partial charge in [0.25, 0.3) is 0 Å². The number of likely N-dealkylation sites (tertiary alicyclic amines) is 1. The third-order valence-electron chi connectivity index (χ3n) is 5.72. The zero-order valence-corrected chi connectivity index (χ0v) is 18.1. The van der Waals surface area contributed by atoms with Gasteiger partial charge in [0.05, 0.1) is 13.0 Å². The molecule has 7 nitrogen and oxygen atoms in total. The molecule has 0 radical (unpaired) electrons. The smallest absolute Gasteiger partial charge is 0.245 e. The minimum absolute atomic E-state index is 0.0712. The van der Waals surface area contributed by atoms with E-state index in [0.29, 0.717) is 19.6 Å². The number of rotatable bonds is 9. The van der Waals surface area contributed by atoms with Crippen molar-refractivity contribution in [3.8, 4) is 5.75 Å². The average Bonchev–Trinajstić information content (AvgIpc) is 3.20. The second-order valence-corrected chi connectivity index (χ2v) is 8.00. The Labute approximate surface area is 183 Å². The Balaban J connectivity index is 1.59. The van der Waals surface area contributed by atoms with E-state index in [1.807, 2.05) is 55.6 Å². The molecule has 2 unspecified atom stereocenters. The van der Waals surface area contributed by atoms with Crippen molar-refractivity contribution in [2.45, 2.75) is 18.9 Å². The van der Waals surface area contributed by atoms with E-state index < -0.39 is 12.5 Å². The summed E-state index contributed by atoms with van der Waals surface area (Å²) in [4.78, 5) is 26.5. The van der Waals surface area contributed by atoms with Crippen LogP contribution in [-0.4, -0.2) is 62.2 Å². The molecule has 1 saturated heterocycles. The van der Waals surface area contributed by atoms with Crippen LogP contribution in [0, 0.1) is 5.92 Å². The number of methoxy groups -OCH3 is 1. The summed E-state index contributed by atoms with van der Waals surface area (Å²) in [5, 5.41) is 14.6. The molecule has 0 bridgehead atoms. The van der Waals surface area contributed by atoms with Crippen molar-refractivity contribution < 1.29 is 19.4 Å². The molecule has 0 aliphatic carbocycles. The molecule has 2 amide bonds. The lowest BCUT2D eigenvalue weighted by molar-refractivity contribution is -0.125. The van der Waals surface area contributed by atoms with E-state index in [-0.39, 0.29) is 17.7 Å². The Hall–Kier alpha value is -2.90. The Morgan fingerprint density at radius 1 is 1.10 bits per heavy atom. The molecule has 0 aromatic heterocycles. The quantitative estimate of drug-likeness (QED) is 0.564. The largest absolute Gasteiger partial charge is 0.497 e. The Morgan fingerprint density at radius 3 is 2.58 bits per heavy atom. The minimum atomic E-state index is -0.522. The molecule has 1 heterocycles. The molecule has 2 aromatic carbocycles. The number of aliphatic hydroxyl groups excluding tert-OH is 1. The van der Waals surface area contributed by atoms with Crippen LogP contribution in [0.2, 0.25) is 0 Å². The normalized spacial score (nSPS) is 18.5. The van der Waals surface area contributed by atoms with Gasteiger partial charge in [-0.15, -0.1) is 0 Å². The summed E-state index contributed by atoms with van der Waals surface area (Å²) >= 11 is 0. The van der Waals surface area contributed by atoms with E-state index in [4.69, 9.17) is 9.84 Å². The molecule has 1 fully saturated rings. The first-order chi connectivity index (χ1) is 15.0. The maximum atomic E-state index is 13.0. The first-order valence-corrected chi connectivity index (χ1v) is 10.6. The number of aliphatic hydroxyl groups is 1. The predicted molar refractivity (Wildman–Crippen MR) is 119 cm³/mol. The molecule has 1 aliphatic rings. The predicted octanol–water partition coefficient (Wildman–Crippen LogP) is 1.31. The lowest BCUT2D eigenvalue weighted by Crippen LogP contribution is -2.35. The highest BCUT2D eigenvalue weighted by atomic mass is 16.5. The summed E-state index contributed by atoms with van der Waals surface area (Å²) in [5.74, 6) is 0.465. The molecule has 7 heteroatoms. The van der Waals surface area contributed by atoms with Gasteiger partial charge < -0.3 is 25.4 Å². The number of hydrogen-bond donors (Lipinski definition) is 3. The lowest BCUT2D eigenvalue weighted by Gasteiger charge is -2.19. The van der Waals surface area contributed by atoms with Crippen LogP contribution in [0.3, 0.4) is 0 Å². The maximum absolute atomic E-state index is 13.0. The number of likely N-dealkylation sites (N-methyl/N-ethyl adjacent to an activating group) is 1. The zero-order valence-electron chi connectivity index (χ0n) is 18.1. The number of nitrogens with one attached hydrogen (secondary N) is 2. The van der Waals surface area contributed by atoms with Crippen LogP contribution in [-0.2, 0) is 22.6 Å². The number of carbonyl (C=O) groups is 2.